The minimum absolute atomic E-state index is 0.131. The molecule has 0 aliphatic heterocycles. The number of hydrogen-bond acceptors (Lipinski definition) is 2. The Kier molecular flexibility index (Phi) is 2.99. The summed E-state index contributed by atoms with van der Waals surface area (Å²) in [5.41, 5.74) is 7.99. The maximum atomic E-state index is 13.2. The third-order valence-electron chi connectivity index (χ3n) is 3.84. The normalized spacial score (nSPS) is 23.1. The van der Waals surface area contributed by atoms with Gasteiger partial charge in [-0.2, -0.15) is 0 Å². The molecule has 0 amide bonds. The van der Waals surface area contributed by atoms with E-state index in [9.17, 15) is 9.50 Å². The summed E-state index contributed by atoms with van der Waals surface area (Å²) >= 11 is 0. The number of nitrogen functional groups attached to an aromatic ring is 1. The predicted molar refractivity (Wildman–Crippen MR) is 73.1 cm³/mol. The molecular formula is C16H16FNO. The SMILES string of the molecule is Nc1ccc(F)cc1C(O)C1CC1c1ccccc1. The Bertz CT molecular complexity index is 585. The van der Waals surface area contributed by atoms with E-state index >= 15 is 0 Å². The molecule has 3 N–H and O–H groups in total. The zero-order chi connectivity index (χ0) is 13.4. The molecular weight excluding hydrogens is 241 g/mol. The lowest BCUT2D eigenvalue weighted by Gasteiger charge is -2.13. The van der Waals surface area contributed by atoms with Crippen molar-refractivity contribution in [1.82, 2.24) is 0 Å². The molecule has 0 heterocycles. The number of anilines is 1. The average Bonchev–Trinajstić information content (AvgIpc) is 3.22. The minimum Gasteiger partial charge on any atom is -0.398 e. The van der Waals surface area contributed by atoms with Crippen molar-refractivity contribution in [2.45, 2.75) is 18.4 Å². The van der Waals surface area contributed by atoms with Crippen LogP contribution in [0.15, 0.2) is 48.5 Å². The van der Waals surface area contributed by atoms with Gasteiger partial charge >= 0.3 is 0 Å². The fourth-order valence-electron chi connectivity index (χ4n) is 2.68. The van der Waals surface area contributed by atoms with Gasteiger partial charge in [-0.25, -0.2) is 4.39 Å². The van der Waals surface area contributed by atoms with Gasteiger partial charge in [-0.05, 0) is 42.0 Å². The van der Waals surface area contributed by atoms with Crippen molar-refractivity contribution >= 4 is 5.69 Å². The van der Waals surface area contributed by atoms with Gasteiger partial charge in [0, 0.05) is 11.3 Å². The van der Waals surface area contributed by atoms with Gasteiger partial charge in [0.15, 0.2) is 0 Å². The molecule has 2 aromatic carbocycles. The number of benzene rings is 2. The van der Waals surface area contributed by atoms with Crippen LogP contribution in [0, 0.1) is 11.7 Å². The van der Waals surface area contributed by atoms with Crippen LogP contribution in [0.5, 0.6) is 0 Å². The summed E-state index contributed by atoms with van der Waals surface area (Å²) in [6, 6.07) is 14.2. The smallest absolute Gasteiger partial charge is 0.123 e. The Morgan fingerprint density at radius 2 is 1.89 bits per heavy atom. The monoisotopic (exact) mass is 257 g/mol. The Hall–Kier alpha value is -1.87. The molecule has 2 nitrogen and oxygen atoms in total. The third-order valence-corrected chi connectivity index (χ3v) is 3.84. The summed E-state index contributed by atoms with van der Waals surface area (Å²) in [4.78, 5) is 0. The zero-order valence-corrected chi connectivity index (χ0v) is 10.5. The highest BCUT2D eigenvalue weighted by molar-refractivity contribution is 5.49. The number of hydrogen-bond donors (Lipinski definition) is 2. The van der Waals surface area contributed by atoms with Crippen molar-refractivity contribution in [3.63, 3.8) is 0 Å². The molecule has 3 rings (SSSR count). The summed E-state index contributed by atoms with van der Waals surface area (Å²) in [5, 5.41) is 10.4. The number of aliphatic hydroxyl groups is 1. The molecule has 1 aliphatic carbocycles. The van der Waals surface area contributed by atoms with Crippen molar-refractivity contribution in [3.8, 4) is 0 Å². The van der Waals surface area contributed by atoms with E-state index in [0.29, 0.717) is 17.2 Å². The van der Waals surface area contributed by atoms with Crippen LogP contribution in [-0.2, 0) is 0 Å². The molecule has 1 fully saturated rings. The fraction of sp³-hybridized carbons (Fsp3) is 0.250. The summed E-state index contributed by atoms with van der Waals surface area (Å²) in [6.07, 6.45) is 0.224. The van der Waals surface area contributed by atoms with Gasteiger partial charge in [-0.3, -0.25) is 0 Å². The Morgan fingerprint density at radius 3 is 2.63 bits per heavy atom. The summed E-state index contributed by atoms with van der Waals surface area (Å²) in [5.74, 6) is 0.116. The molecule has 1 saturated carbocycles. The van der Waals surface area contributed by atoms with Gasteiger partial charge in [-0.15, -0.1) is 0 Å². The van der Waals surface area contributed by atoms with Gasteiger partial charge in [0.2, 0.25) is 0 Å². The van der Waals surface area contributed by atoms with Crippen molar-refractivity contribution in [2.75, 3.05) is 5.73 Å². The van der Waals surface area contributed by atoms with E-state index in [1.165, 1.54) is 23.8 Å². The third kappa shape index (κ3) is 2.34. The van der Waals surface area contributed by atoms with E-state index in [-0.39, 0.29) is 11.7 Å². The molecule has 3 unspecified atom stereocenters. The van der Waals surface area contributed by atoms with Crippen LogP contribution in [0.4, 0.5) is 10.1 Å². The van der Waals surface area contributed by atoms with E-state index < -0.39 is 6.10 Å². The molecule has 19 heavy (non-hydrogen) atoms. The molecule has 3 heteroatoms. The molecule has 98 valence electrons. The second-order valence-electron chi connectivity index (χ2n) is 5.13. The van der Waals surface area contributed by atoms with E-state index in [1.54, 1.807) is 0 Å². The number of halogens is 1. The minimum atomic E-state index is -0.694. The van der Waals surface area contributed by atoms with E-state index in [2.05, 4.69) is 12.1 Å². The molecule has 0 aromatic heterocycles. The van der Waals surface area contributed by atoms with Crippen LogP contribution >= 0.6 is 0 Å². The molecule has 2 aromatic rings. The highest BCUT2D eigenvalue weighted by Gasteiger charge is 2.44. The van der Waals surface area contributed by atoms with E-state index in [1.807, 2.05) is 18.2 Å². The molecule has 0 spiro atoms. The Labute approximate surface area is 111 Å². The first-order chi connectivity index (χ1) is 9.16. The summed E-state index contributed by atoms with van der Waals surface area (Å²) in [6.45, 7) is 0. The van der Waals surface area contributed by atoms with Crippen LogP contribution in [-0.4, -0.2) is 5.11 Å². The summed E-state index contributed by atoms with van der Waals surface area (Å²) < 4.78 is 13.2. The van der Waals surface area contributed by atoms with Crippen LogP contribution in [0.1, 0.15) is 29.6 Å². The quantitative estimate of drug-likeness (QED) is 0.829. The second kappa shape index (κ2) is 4.67. The topological polar surface area (TPSA) is 46.2 Å². The molecule has 0 bridgehead atoms. The first kappa shape index (κ1) is 12.2. The van der Waals surface area contributed by atoms with Crippen LogP contribution in [0.25, 0.3) is 0 Å². The maximum absolute atomic E-state index is 13.2. The fourth-order valence-corrected chi connectivity index (χ4v) is 2.68. The predicted octanol–water partition coefficient (Wildman–Crippen LogP) is 3.25. The van der Waals surface area contributed by atoms with Gasteiger partial charge in [0.1, 0.15) is 5.82 Å². The van der Waals surface area contributed by atoms with Gasteiger partial charge in [0.25, 0.3) is 0 Å². The number of rotatable bonds is 3. The first-order valence-electron chi connectivity index (χ1n) is 6.45. The van der Waals surface area contributed by atoms with Crippen LogP contribution in [0.2, 0.25) is 0 Å². The maximum Gasteiger partial charge on any atom is 0.123 e. The number of nitrogens with two attached hydrogens (primary N) is 1. The average molecular weight is 257 g/mol. The Morgan fingerprint density at radius 1 is 1.16 bits per heavy atom. The van der Waals surface area contributed by atoms with Crippen LogP contribution in [0.3, 0.4) is 0 Å². The van der Waals surface area contributed by atoms with E-state index in [4.69, 9.17) is 5.73 Å². The lowest BCUT2D eigenvalue weighted by Crippen LogP contribution is -2.05. The number of aliphatic hydroxyl groups excluding tert-OH is 1. The first-order valence-corrected chi connectivity index (χ1v) is 6.45. The molecule has 3 atom stereocenters. The zero-order valence-electron chi connectivity index (χ0n) is 10.5. The van der Waals surface area contributed by atoms with Gasteiger partial charge < -0.3 is 10.8 Å². The highest BCUT2D eigenvalue weighted by atomic mass is 19.1. The lowest BCUT2D eigenvalue weighted by molar-refractivity contribution is 0.151. The second-order valence-corrected chi connectivity index (χ2v) is 5.13. The van der Waals surface area contributed by atoms with Crippen molar-refractivity contribution in [3.05, 3.63) is 65.5 Å². The van der Waals surface area contributed by atoms with Gasteiger partial charge in [-0.1, -0.05) is 30.3 Å². The summed E-state index contributed by atoms with van der Waals surface area (Å²) in [7, 11) is 0. The van der Waals surface area contributed by atoms with Crippen LogP contribution < -0.4 is 5.73 Å². The largest absolute Gasteiger partial charge is 0.398 e. The molecule has 0 saturated heterocycles. The van der Waals surface area contributed by atoms with Crippen molar-refractivity contribution in [2.24, 2.45) is 5.92 Å². The standard InChI is InChI=1S/C16H16FNO/c17-11-6-7-15(18)14(8-11)16(19)13-9-12(13)10-4-2-1-3-5-10/h1-8,12-13,16,19H,9,18H2. The lowest BCUT2D eigenvalue weighted by atomic mass is 10.00. The van der Waals surface area contributed by atoms with Crippen molar-refractivity contribution in [1.29, 1.82) is 0 Å². The van der Waals surface area contributed by atoms with Gasteiger partial charge in [0.05, 0.1) is 6.10 Å². The highest BCUT2D eigenvalue weighted by Crippen LogP contribution is 2.54. The van der Waals surface area contributed by atoms with E-state index in [0.717, 1.165) is 6.42 Å². The molecule has 1 aliphatic rings. The molecule has 0 radical (unpaired) electrons. The van der Waals surface area contributed by atoms with Crippen molar-refractivity contribution < 1.29 is 9.50 Å². The Balaban J connectivity index is 1.80.